The van der Waals surface area contributed by atoms with E-state index in [4.69, 9.17) is 11.6 Å². The van der Waals surface area contributed by atoms with Gasteiger partial charge >= 0.3 is 6.03 Å². The number of nitrogens with zero attached hydrogens (tertiary/aromatic N) is 2. The second-order valence-electron chi connectivity index (χ2n) is 9.44. The Labute approximate surface area is 223 Å². The van der Waals surface area contributed by atoms with Crippen molar-refractivity contribution in [2.24, 2.45) is 5.92 Å². The molecule has 4 unspecified atom stereocenters. The van der Waals surface area contributed by atoms with Gasteiger partial charge in [-0.1, -0.05) is 72.3 Å². The Bertz CT molecular complexity index is 1490. The van der Waals surface area contributed by atoms with Gasteiger partial charge in [-0.25, -0.2) is 9.69 Å². The number of urea groups is 1. The number of amides is 3. The lowest BCUT2D eigenvalue weighted by Gasteiger charge is -2.28. The van der Waals surface area contributed by atoms with Crippen molar-refractivity contribution >= 4 is 46.3 Å². The molecule has 0 bridgehead atoms. The van der Waals surface area contributed by atoms with E-state index in [-0.39, 0.29) is 11.7 Å². The fourth-order valence-corrected chi connectivity index (χ4v) is 6.72. The lowest BCUT2D eigenvalue weighted by atomic mass is 9.77. The third kappa shape index (κ3) is 3.88. The molecular weight excluding hydrogens is 504 g/mol. The highest BCUT2D eigenvalue weighted by atomic mass is 35.5. The van der Waals surface area contributed by atoms with Crippen LogP contribution in [0.1, 0.15) is 38.3 Å². The monoisotopic (exact) mass is 526 g/mol. The minimum Gasteiger partial charge on any atom is -0.303 e. The van der Waals surface area contributed by atoms with Crippen LogP contribution in [-0.4, -0.2) is 28.7 Å². The lowest BCUT2D eigenvalue weighted by Crippen LogP contribution is -2.38. The van der Waals surface area contributed by atoms with Crippen molar-refractivity contribution in [1.82, 2.24) is 4.90 Å². The zero-order valence-corrected chi connectivity index (χ0v) is 21.5. The number of hydrogen-bond acceptors (Lipinski definition) is 4. The summed E-state index contributed by atoms with van der Waals surface area (Å²) >= 11 is 7.69. The maximum absolute atomic E-state index is 14.2. The summed E-state index contributed by atoms with van der Waals surface area (Å²) in [7, 11) is 0. The lowest BCUT2D eigenvalue weighted by molar-refractivity contribution is -0.119. The van der Waals surface area contributed by atoms with Crippen LogP contribution in [0.3, 0.4) is 0 Å². The second kappa shape index (κ2) is 9.29. The van der Waals surface area contributed by atoms with Crippen LogP contribution in [0.4, 0.5) is 10.5 Å². The van der Waals surface area contributed by atoms with Gasteiger partial charge in [-0.05, 0) is 53.8 Å². The zero-order valence-electron chi connectivity index (χ0n) is 20.0. The van der Waals surface area contributed by atoms with E-state index in [1.807, 2.05) is 73.0 Å². The van der Waals surface area contributed by atoms with Gasteiger partial charge < -0.3 is 4.90 Å². The molecular formula is C30H23ClN2O3S. The number of thiophene rings is 1. The number of anilines is 1. The summed E-state index contributed by atoms with van der Waals surface area (Å²) in [4.78, 5) is 46.1. The number of benzene rings is 3. The van der Waals surface area contributed by atoms with Gasteiger partial charge in [-0.15, -0.1) is 11.3 Å². The quantitative estimate of drug-likeness (QED) is 0.210. The molecule has 0 N–H and O–H groups in total. The first-order valence-corrected chi connectivity index (χ1v) is 13.3. The molecule has 184 valence electrons. The highest BCUT2D eigenvalue weighted by Crippen LogP contribution is 2.55. The van der Waals surface area contributed by atoms with Crippen LogP contribution in [0.25, 0.3) is 0 Å². The van der Waals surface area contributed by atoms with Crippen molar-refractivity contribution in [2.75, 3.05) is 4.90 Å². The van der Waals surface area contributed by atoms with Gasteiger partial charge in [-0.3, -0.25) is 9.59 Å². The summed E-state index contributed by atoms with van der Waals surface area (Å²) in [6, 6.07) is 25.8. The Hall–Kier alpha value is -3.74. The van der Waals surface area contributed by atoms with Gasteiger partial charge in [0.2, 0.25) is 0 Å². The third-order valence-corrected chi connectivity index (χ3v) is 8.46. The zero-order chi connectivity index (χ0) is 25.7. The van der Waals surface area contributed by atoms with Crippen LogP contribution in [0.5, 0.6) is 0 Å². The maximum Gasteiger partial charge on any atom is 0.332 e. The molecule has 0 saturated carbocycles. The van der Waals surface area contributed by atoms with E-state index in [9.17, 15) is 14.4 Å². The average Bonchev–Trinajstić information content (AvgIpc) is 3.61. The molecule has 3 amide bonds. The smallest absolute Gasteiger partial charge is 0.303 e. The molecule has 1 aromatic heterocycles. The van der Waals surface area contributed by atoms with Crippen molar-refractivity contribution in [2.45, 2.75) is 24.9 Å². The molecule has 4 atom stereocenters. The first-order chi connectivity index (χ1) is 18.0. The number of aryl methyl sites for hydroxylation is 1. The molecule has 6 rings (SSSR count). The fourth-order valence-electron chi connectivity index (χ4n) is 5.72. The van der Waals surface area contributed by atoms with Crippen LogP contribution < -0.4 is 4.90 Å². The van der Waals surface area contributed by atoms with Crippen molar-refractivity contribution in [3.8, 4) is 0 Å². The largest absolute Gasteiger partial charge is 0.332 e. The second-order valence-corrected chi connectivity index (χ2v) is 10.9. The molecule has 7 heteroatoms. The first-order valence-electron chi connectivity index (χ1n) is 12.1. The fraction of sp³-hybridized carbons (Fsp3) is 0.167. The first kappa shape index (κ1) is 23.6. The third-order valence-electron chi connectivity index (χ3n) is 7.26. The van der Waals surface area contributed by atoms with Gasteiger partial charge in [0.15, 0.2) is 5.78 Å². The van der Waals surface area contributed by atoms with Crippen LogP contribution in [0.15, 0.2) is 96.4 Å². The van der Waals surface area contributed by atoms with Gasteiger partial charge in [0.1, 0.15) is 6.04 Å². The summed E-state index contributed by atoms with van der Waals surface area (Å²) in [5.41, 5.74) is 2.85. The van der Waals surface area contributed by atoms with E-state index in [1.54, 1.807) is 35.2 Å². The van der Waals surface area contributed by atoms with Gasteiger partial charge in [0.25, 0.3) is 5.91 Å². The standard InChI is InChI=1S/C30H23ClN2O3S/c1-18-7-5-10-22(17-18)32-29(35)27-24(19-12-14-21(31)15-13-19)25(28(34)20-8-3-2-4-9-20)26(33(27)30(32)36)23-11-6-16-37-23/h2-17,24-27H,1H3. The number of Topliss-reactive ketones (excluding diaryl/α,β-unsaturated/α-hetero) is 1. The molecule has 2 fully saturated rings. The van der Waals surface area contributed by atoms with Gasteiger partial charge in [0.05, 0.1) is 17.6 Å². The van der Waals surface area contributed by atoms with Crippen LogP contribution in [0, 0.1) is 12.8 Å². The normalized spacial score (nSPS) is 23.0. The summed E-state index contributed by atoms with van der Waals surface area (Å²) < 4.78 is 0. The molecule has 5 nitrogen and oxygen atoms in total. The Balaban J connectivity index is 1.55. The molecule has 37 heavy (non-hydrogen) atoms. The number of imide groups is 1. The Morgan fingerprint density at radius 2 is 1.62 bits per heavy atom. The van der Waals surface area contributed by atoms with Gasteiger partial charge in [0, 0.05) is 21.4 Å². The van der Waals surface area contributed by atoms with E-state index in [0.29, 0.717) is 16.3 Å². The van der Waals surface area contributed by atoms with E-state index < -0.39 is 30.0 Å². The molecule has 0 spiro atoms. The molecule has 2 saturated heterocycles. The maximum atomic E-state index is 14.2. The average molecular weight is 527 g/mol. The van der Waals surface area contributed by atoms with E-state index in [1.165, 1.54) is 16.2 Å². The molecule has 0 radical (unpaired) electrons. The minimum absolute atomic E-state index is 0.0870. The highest BCUT2D eigenvalue weighted by Gasteiger charge is 2.63. The predicted octanol–water partition coefficient (Wildman–Crippen LogP) is 6.88. The number of fused-ring (bicyclic) bond motifs is 1. The summed E-state index contributed by atoms with van der Waals surface area (Å²) in [5, 5.41) is 2.50. The number of carbonyl (C=O) groups excluding carboxylic acids is 3. The van der Waals surface area contributed by atoms with Crippen molar-refractivity contribution in [1.29, 1.82) is 0 Å². The van der Waals surface area contributed by atoms with Crippen molar-refractivity contribution in [3.05, 3.63) is 123 Å². The number of hydrogen-bond donors (Lipinski definition) is 0. The SMILES string of the molecule is Cc1cccc(N2C(=O)C3C(c4ccc(Cl)cc4)C(C(=O)c4ccccc4)C(c4cccs4)N3C2=O)c1. The molecule has 0 aliphatic carbocycles. The molecule has 3 heterocycles. The number of rotatable bonds is 5. The topological polar surface area (TPSA) is 57.7 Å². The Kier molecular flexibility index (Phi) is 5.94. The van der Waals surface area contributed by atoms with Gasteiger partial charge in [-0.2, -0.15) is 0 Å². The van der Waals surface area contributed by atoms with Crippen molar-refractivity contribution < 1.29 is 14.4 Å². The van der Waals surface area contributed by atoms with E-state index in [2.05, 4.69) is 0 Å². The number of halogens is 1. The molecule has 3 aromatic carbocycles. The summed E-state index contributed by atoms with van der Waals surface area (Å²) in [6.45, 7) is 1.93. The number of ketones is 1. The molecule has 2 aliphatic rings. The minimum atomic E-state index is -0.820. The Morgan fingerprint density at radius 3 is 2.30 bits per heavy atom. The number of carbonyl (C=O) groups is 3. The van der Waals surface area contributed by atoms with E-state index in [0.717, 1.165) is 16.0 Å². The molecule has 4 aromatic rings. The Morgan fingerprint density at radius 1 is 0.865 bits per heavy atom. The summed E-state index contributed by atoms with van der Waals surface area (Å²) in [6.07, 6.45) is 0. The van der Waals surface area contributed by atoms with Crippen LogP contribution in [-0.2, 0) is 4.79 Å². The highest BCUT2D eigenvalue weighted by molar-refractivity contribution is 7.10. The van der Waals surface area contributed by atoms with Crippen LogP contribution in [0.2, 0.25) is 5.02 Å². The van der Waals surface area contributed by atoms with Crippen molar-refractivity contribution in [3.63, 3.8) is 0 Å². The predicted molar refractivity (Wildman–Crippen MR) is 145 cm³/mol. The summed E-state index contributed by atoms with van der Waals surface area (Å²) in [5.74, 6) is -1.58. The van der Waals surface area contributed by atoms with Crippen LogP contribution >= 0.6 is 22.9 Å². The molecule has 2 aliphatic heterocycles. The van der Waals surface area contributed by atoms with E-state index >= 15 is 0 Å².